The van der Waals surface area contributed by atoms with Crippen molar-refractivity contribution in [1.82, 2.24) is 4.90 Å². The number of amides is 1. The van der Waals surface area contributed by atoms with Crippen LogP contribution in [0.3, 0.4) is 0 Å². The van der Waals surface area contributed by atoms with Gasteiger partial charge in [0.15, 0.2) is 6.10 Å². The van der Waals surface area contributed by atoms with E-state index in [9.17, 15) is 9.59 Å². The maximum absolute atomic E-state index is 12.6. The fourth-order valence-corrected chi connectivity index (χ4v) is 2.82. The summed E-state index contributed by atoms with van der Waals surface area (Å²) in [6.45, 7) is 3.03. The van der Waals surface area contributed by atoms with E-state index < -0.39 is 6.10 Å². The van der Waals surface area contributed by atoms with Crippen LogP contribution in [0, 0.1) is 5.92 Å². The topological polar surface area (TPSA) is 55.8 Å². The Morgan fingerprint density at radius 1 is 1.26 bits per heavy atom. The molecule has 1 unspecified atom stereocenters. The Morgan fingerprint density at radius 3 is 2.39 bits per heavy atom. The molecule has 126 valence electrons. The molecular formula is C17H22ClNO4. The van der Waals surface area contributed by atoms with E-state index >= 15 is 0 Å². The number of likely N-dealkylation sites (tertiary alicyclic amines) is 1. The van der Waals surface area contributed by atoms with Crippen molar-refractivity contribution in [3.63, 3.8) is 0 Å². The summed E-state index contributed by atoms with van der Waals surface area (Å²) in [5.74, 6) is 0.285. The Balaban J connectivity index is 1.92. The number of halogens is 1. The lowest BCUT2D eigenvalue weighted by Crippen LogP contribution is -2.46. The third kappa shape index (κ3) is 4.61. The smallest absolute Gasteiger partial charge is 0.308 e. The van der Waals surface area contributed by atoms with E-state index in [4.69, 9.17) is 21.1 Å². The number of benzene rings is 1. The molecule has 1 aromatic rings. The SMILES string of the molecule is CCC(Oc1ccc(Cl)cc1)C(=O)N1CCC(C(=O)OC)CC1. The van der Waals surface area contributed by atoms with Gasteiger partial charge >= 0.3 is 5.97 Å². The molecule has 0 bridgehead atoms. The minimum Gasteiger partial charge on any atom is -0.481 e. The average molecular weight is 340 g/mol. The summed E-state index contributed by atoms with van der Waals surface area (Å²) in [6, 6.07) is 6.97. The quantitative estimate of drug-likeness (QED) is 0.774. The number of hydrogen-bond donors (Lipinski definition) is 0. The summed E-state index contributed by atoms with van der Waals surface area (Å²) in [4.78, 5) is 25.9. The van der Waals surface area contributed by atoms with Crippen molar-refractivity contribution in [1.29, 1.82) is 0 Å². The molecule has 1 amide bonds. The number of piperidine rings is 1. The van der Waals surface area contributed by atoms with Crippen molar-refractivity contribution in [3.8, 4) is 5.75 Å². The lowest BCUT2D eigenvalue weighted by atomic mass is 9.96. The standard InChI is InChI=1S/C17H22ClNO4/c1-3-15(23-14-6-4-13(18)5-7-14)16(20)19-10-8-12(9-11-19)17(21)22-2/h4-7,12,15H,3,8-11H2,1-2H3. The second-order valence-electron chi connectivity index (χ2n) is 5.59. The Morgan fingerprint density at radius 2 is 1.87 bits per heavy atom. The van der Waals surface area contributed by atoms with E-state index in [1.165, 1.54) is 7.11 Å². The molecule has 1 saturated heterocycles. The monoisotopic (exact) mass is 339 g/mol. The van der Waals surface area contributed by atoms with Crippen LogP contribution in [-0.4, -0.2) is 43.1 Å². The molecule has 23 heavy (non-hydrogen) atoms. The molecule has 6 heteroatoms. The van der Waals surface area contributed by atoms with E-state index in [2.05, 4.69) is 0 Å². The van der Waals surface area contributed by atoms with Gasteiger partial charge in [0, 0.05) is 18.1 Å². The molecule has 1 atom stereocenters. The fraction of sp³-hybridized carbons (Fsp3) is 0.529. The molecule has 2 rings (SSSR count). The van der Waals surface area contributed by atoms with Crippen molar-refractivity contribution >= 4 is 23.5 Å². The molecule has 1 fully saturated rings. The molecule has 0 radical (unpaired) electrons. The lowest BCUT2D eigenvalue weighted by Gasteiger charge is -2.33. The van der Waals surface area contributed by atoms with Crippen LogP contribution in [-0.2, 0) is 14.3 Å². The Bertz CT molecular complexity index is 538. The van der Waals surface area contributed by atoms with Crippen LogP contribution >= 0.6 is 11.6 Å². The normalized spacial score (nSPS) is 16.7. The second-order valence-corrected chi connectivity index (χ2v) is 6.03. The number of ether oxygens (including phenoxy) is 2. The van der Waals surface area contributed by atoms with Crippen molar-refractivity contribution in [3.05, 3.63) is 29.3 Å². The first-order valence-corrected chi connectivity index (χ1v) is 8.21. The van der Waals surface area contributed by atoms with Crippen LogP contribution in [0.4, 0.5) is 0 Å². The molecule has 1 heterocycles. The zero-order valence-corrected chi connectivity index (χ0v) is 14.2. The van der Waals surface area contributed by atoms with E-state index in [1.54, 1.807) is 29.2 Å². The minimum atomic E-state index is -0.522. The molecule has 0 aromatic heterocycles. The van der Waals surface area contributed by atoms with Crippen molar-refractivity contribution < 1.29 is 19.1 Å². The minimum absolute atomic E-state index is 0.0363. The largest absolute Gasteiger partial charge is 0.481 e. The van der Waals surface area contributed by atoms with Crippen LogP contribution in [0.15, 0.2) is 24.3 Å². The van der Waals surface area contributed by atoms with Crippen molar-refractivity contribution in [2.24, 2.45) is 5.92 Å². The van der Waals surface area contributed by atoms with Crippen molar-refractivity contribution in [2.75, 3.05) is 20.2 Å². The molecule has 0 aliphatic carbocycles. The van der Waals surface area contributed by atoms with Gasteiger partial charge in [0.05, 0.1) is 13.0 Å². The molecule has 1 aliphatic heterocycles. The van der Waals surface area contributed by atoms with Gasteiger partial charge in [-0.15, -0.1) is 0 Å². The first-order chi connectivity index (χ1) is 11.0. The zero-order chi connectivity index (χ0) is 16.8. The Hall–Kier alpha value is -1.75. The van der Waals surface area contributed by atoms with Gasteiger partial charge in [-0.2, -0.15) is 0 Å². The van der Waals surface area contributed by atoms with Crippen molar-refractivity contribution in [2.45, 2.75) is 32.3 Å². The average Bonchev–Trinajstić information content (AvgIpc) is 2.60. The van der Waals surface area contributed by atoms with E-state index in [1.807, 2.05) is 6.92 Å². The summed E-state index contributed by atoms with van der Waals surface area (Å²) in [7, 11) is 1.40. The molecule has 0 saturated carbocycles. The van der Waals surface area contributed by atoms with Crippen LogP contribution in [0.25, 0.3) is 0 Å². The van der Waals surface area contributed by atoms with Gasteiger partial charge in [-0.25, -0.2) is 0 Å². The molecule has 1 aliphatic rings. The Labute approximate surface area is 141 Å². The lowest BCUT2D eigenvalue weighted by molar-refractivity contribution is -0.150. The van der Waals surface area contributed by atoms with Crippen LogP contribution in [0.5, 0.6) is 5.75 Å². The first kappa shape index (κ1) is 17.6. The summed E-state index contributed by atoms with van der Waals surface area (Å²) < 4.78 is 10.6. The highest BCUT2D eigenvalue weighted by Crippen LogP contribution is 2.22. The number of nitrogens with zero attached hydrogens (tertiary/aromatic N) is 1. The van der Waals surface area contributed by atoms with Crippen LogP contribution in [0.2, 0.25) is 5.02 Å². The van der Waals surface area contributed by atoms with E-state index in [0.29, 0.717) is 43.1 Å². The molecule has 5 nitrogen and oxygen atoms in total. The van der Waals surface area contributed by atoms with E-state index in [0.717, 1.165) is 0 Å². The number of methoxy groups -OCH3 is 1. The van der Waals surface area contributed by atoms with Gasteiger partial charge in [-0.3, -0.25) is 9.59 Å². The van der Waals surface area contributed by atoms with Gasteiger partial charge in [0.25, 0.3) is 5.91 Å². The summed E-state index contributed by atoms with van der Waals surface area (Å²) in [5.41, 5.74) is 0. The molecule has 1 aromatic carbocycles. The number of hydrogen-bond acceptors (Lipinski definition) is 4. The number of carbonyl (C=O) groups excluding carboxylic acids is 2. The van der Waals surface area contributed by atoms with Gasteiger partial charge in [0.2, 0.25) is 0 Å². The number of carbonyl (C=O) groups is 2. The van der Waals surface area contributed by atoms with Gasteiger partial charge in [-0.05, 0) is 43.5 Å². The molecule has 0 N–H and O–H groups in total. The highest BCUT2D eigenvalue weighted by Gasteiger charge is 2.31. The van der Waals surface area contributed by atoms with Gasteiger partial charge < -0.3 is 14.4 Å². The predicted molar refractivity (Wildman–Crippen MR) is 87.5 cm³/mol. The molecular weight excluding hydrogens is 318 g/mol. The van der Waals surface area contributed by atoms with Gasteiger partial charge in [0.1, 0.15) is 5.75 Å². The first-order valence-electron chi connectivity index (χ1n) is 7.84. The third-order valence-electron chi connectivity index (χ3n) is 4.08. The second kappa shape index (κ2) is 8.20. The Kier molecular flexibility index (Phi) is 6.28. The summed E-state index contributed by atoms with van der Waals surface area (Å²) in [5, 5.41) is 0.626. The summed E-state index contributed by atoms with van der Waals surface area (Å²) in [6.07, 6.45) is 1.33. The third-order valence-corrected chi connectivity index (χ3v) is 4.33. The van der Waals surface area contributed by atoms with Gasteiger partial charge in [-0.1, -0.05) is 18.5 Å². The maximum Gasteiger partial charge on any atom is 0.308 e. The highest BCUT2D eigenvalue weighted by atomic mass is 35.5. The fourth-order valence-electron chi connectivity index (χ4n) is 2.69. The highest BCUT2D eigenvalue weighted by molar-refractivity contribution is 6.30. The molecule has 0 spiro atoms. The number of esters is 1. The van der Waals surface area contributed by atoms with E-state index in [-0.39, 0.29) is 17.8 Å². The number of rotatable bonds is 5. The maximum atomic E-state index is 12.6. The van der Waals surface area contributed by atoms with Crippen LogP contribution < -0.4 is 4.74 Å². The van der Waals surface area contributed by atoms with Crippen LogP contribution in [0.1, 0.15) is 26.2 Å². The predicted octanol–water partition coefficient (Wildman–Crippen LogP) is 2.91. The summed E-state index contributed by atoms with van der Waals surface area (Å²) >= 11 is 5.85. The zero-order valence-electron chi connectivity index (χ0n) is 13.5.